The Labute approximate surface area is 94.7 Å². The Morgan fingerprint density at radius 3 is 2.44 bits per heavy atom. The number of carbonyl (C=O) groups is 2. The molecular formula is C13H14O3. The van der Waals surface area contributed by atoms with Crippen LogP contribution in [0.3, 0.4) is 0 Å². The van der Waals surface area contributed by atoms with Gasteiger partial charge in [-0.25, -0.2) is 4.79 Å². The van der Waals surface area contributed by atoms with Crippen LogP contribution in [0.1, 0.15) is 12.5 Å². The highest BCUT2D eigenvalue weighted by Gasteiger charge is 2.16. The smallest absolute Gasteiger partial charge is 0.341 e. The van der Waals surface area contributed by atoms with E-state index in [4.69, 9.17) is 4.74 Å². The number of ether oxygens (including phenoxy) is 1. The maximum Gasteiger partial charge on any atom is 0.341 e. The Balaban J connectivity index is 2.59. The van der Waals surface area contributed by atoms with E-state index in [1.165, 1.54) is 0 Å². The Morgan fingerprint density at radius 2 is 1.88 bits per heavy atom. The second-order valence-corrected chi connectivity index (χ2v) is 3.28. The van der Waals surface area contributed by atoms with E-state index in [1.807, 2.05) is 30.3 Å². The number of ketones is 1. The molecule has 1 rings (SSSR count). The number of esters is 1. The van der Waals surface area contributed by atoms with Crippen LogP contribution in [0.25, 0.3) is 0 Å². The Hall–Kier alpha value is -1.90. The number of hydrogen-bond donors (Lipinski definition) is 0. The molecule has 0 radical (unpaired) electrons. The van der Waals surface area contributed by atoms with Crippen molar-refractivity contribution in [2.45, 2.75) is 13.3 Å². The first-order chi connectivity index (χ1) is 7.65. The van der Waals surface area contributed by atoms with Gasteiger partial charge in [0.25, 0.3) is 0 Å². The standard InChI is InChI=1S/C13H14O3/c1-3-16-13(15)10(2)12(14)9-11-7-5-4-6-8-11/h4-8H,2-3,9H2,1H3. The van der Waals surface area contributed by atoms with Gasteiger partial charge in [0.1, 0.15) is 0 Å². The molecule has 0 N–H and O–H groups in total. The van der Waals surface area contributed by atoms with Crippen LogP contribution in [-0.2, 0) is 20.7 Å². The molecule has 84 valence electrons. The molecule has 0 bridgehead atoms. The van der Waals surface area contributed by atoms with Gasteiger partial charge in [-0.1, -0.05) is 36.9 Å². The van der Waals surface area contributed by atoms with E-state index in [-0.39, 0.29) is 24.4 Å². The monoisotopic (exact) mass is 218 g/mol. The van der Waals surface area contributed by atoms with E-state index < -0.39 is 5.97 Å². The molecule has 3 heteroatoms. The highest BCUT2D eigenvalue weighted by Crippen LogP contribution is 2.05. The molecule has 0 saturated carbocycles. The van der Waals surface area contributed by atoms with Gasteiger partial charge in [0, 0.05) is 6.42 Å². The zero-order chi connectivity index (χ0) is 12.0. The Bertz CT molecular complexity index is 393. The maximum absolute atomic E-state index is 11.6. The van der Waals surface area contributed by atoms with Crippen molar-refractivity contribution in [2.75, 3.05) is 6.61 Å². The lowest BCUT2D eigenvalue weighted by atomic mass is 10.0. The van der Waals surface area contributed by atoms with Gasteiger partial charge in [0.2, 0.25) is 0 Å². The summed E-state index contributed by atoms with van der Waals surface area (Å²) in [7, 11) is 0. The van der Waals surface area contributed by atoms with Crippen LogP contribution in [0.2, 0.25) is 0 Å². The Morgan fingerprint density at radius 1 is 1.25 bits per heavy atom. The van der Waals surface area contributed by atoms with E-state index in [1.54, 1.807) is 6.92 Å². The molecule has 0 atom stereocenters. The van der Waals surface area contributed by atoms with Crippen molar-refractivity contribution in [2.24, 2.45) is 0 Å². The van der Waals surface area contributed by atoms with Crippen LogP contribution < -0.4 is 0 Å². The summed E-state index contributed by atoms with van der Waals surface area (Å²) in [4.78, 5) is 22.9. The van der Waals surface area contributed by atoms with Gasteiger partial charge < -0.3 is 4.74 Å². The summed E-state index contributed by atoms with van der Waals surface area (Å²) in [5.74, 6) is -0.937. The number of hydrogen-bond acceptors (Lipinski definition) is 3. The van der Waals surface area contributed by atoms with Crippen LogP contribution in [-0.4, -0.2) is 18.4 Å². The lowest BCUT2D eigenvalue weighted by molar-refractivity contribution is -0.139. The number of rotatable bonds is 5. The minimum absolute atomic E-state index is 0.0919. The predicted molar refractivity (Wildman–Crippen MR) is 60.9 cm³/mol. The van der Waals surface area contributed by atoms with Gasteiger partial charge in [0.05, 0.1) is 12.2 Å². The van der Waals surface area contributed by atoms with Crippen molar-refractivity contribution in [1.82, 2.24) is 0 Å². The van der Waals surface area contributed by atoms with E-state index in [9.17, 15) is 9.59 Å². The topological polar surface area (TPSA) is 43.4 Å². The van der Waals surface area contributed by atoms with Gasteiger partial charge in [-0.2, -0.15) is 0 Å². The van der Waals surface area contributed by atoms with Gasteiger partial charge in [-0.3, -0.25) is 4.79 Å². The van der Waals surface area contributed by atoms with Crippen LogP contribution in [0.5, 0.6) is 0 Å². The molecule has 0 fully saturated rings. The molecule has 1 aromatic carbocycles. The summed E-state index contributed by atoms with van der Waals surface area (Å²) < 4.78 is 4.70. The fraction of sp³-hybridized carbons (Fsp3) is 0.231. The predicted octanol–water partition coefficient (Wildman–Crippen LogP) is 1.92. The first-order valence-corrected chi connectivity index (χ1v) is 5.08. The van der Waals surface area contributed by atoms with Crippen molar-refractivity contribution < 1.29 is 14.3 Å². The third-order valence-corrected chi connectivity index (χ3v) is 2.07. The molecular weight excluding hydrogens is 204 g/mol. The lowest BCUT2D eigenvalue weighted by Gasteiger charge is -2.04. The zero-order valence-corrected chi connectivity index (χ0v) is 9.23. The average molecular weight is 218 g/mol. The molecule has 1 aromatic rings. The molecule has 0 unspecified atom stereocenters. The van der Waals surface area contributed by atoms with Crippen LogP contribution in [0.15, 0.2) is 42.5 Å². The molecule has 0 amide bonds. The largest absolute Gasteiger partial charge is 0.462 e. The van der Waals surface area contributed by atoms with Crippen molar-refractivity contribution in [3.63, 3.8) is 0 Å². The molecule has 0 aliphatic heterocycles. The highest BCUT2D eigenvalue weighted by atomic mass is 16.5. The number of benzene rings is 1. The molecule has 0 aromatic heterocycles. The molecule has 0 aliphatic rings. The molecule has 16 heavy (non-hydrogen) atoms. The van der Waals surface area contributed by atoms with E-state index in [0.29, 0.717) is 0 Å². The number of carbonyl (C=O) groups excluding carboxylic acids is 2. The summed E-state index contributed by atoms with van der Waals surface area (Å²) in [5.41, 5.74) is 0.767. The van der Waals surface area contributed by atoms with Gasteiger partial charge >= 0.3 is 5.97 Å². The van der Waals surface area contributed by atoms with Crippen molar-refractivity contribution in [1.29, 1.82) is 0 Å². The highest BCUT2D eigenvalue weighted by molar-refractivity contribution is 6.17. The molecule has 0 heterocycles. The molecule has 0 saturated heterocycles. The first-order valence-electron chi connectivity index (χ1n) is 5.08. The average Bonchev–Trinajstić information content (AvgIpc) is 2.29. The SMILES string of the molecule is C=C(C(=O)Cc1ccccc1)C(=O)OCC. The van der Waals surface area contributed by atoms with E-state index in [2.05, 4.69) is 6.58 Å². The minimum atomic E-state index is -0.636. The second-order valence-electron chi connectivity index (χ2n) is 3.28. The first kappa shape index (κ1) is 12.2. The van der Waals surface area contributed by atoms with E-state index >= 15 is 0 Å². The quantitative estimate of drug-likeness (QED) is 0.328. The van der Waals surface area contributed by atoms with Gasteiger partial charge in [0.15, 0.2) is 5.78 Å². The third kappa shape index (κ3) is 3.35. The van der Waals surface area contributed by atoms with Gasteiger partial charge in [-0.05, 0) is 12.5 Å². The molecule has 3 nitrogen and oxygen atoms in total. The third-order valence-electron chi connectivity index (χ3n) is 2.07. The molecule has 0 spiro atoms. The normalized spacial score (nSPS) is 9.56. The van der Waals surface area contributed by atoms with Crippen molar-refractivity contribution >= 4 is 11.8 Å². The lowest BCUT2D eigenvalue weighted by Crippen LogP contribution is -2.16. The van der Waals surface area contributed by atoms with Crippen LogP contribution in [0.4, 0.5) is 0 Å². The van der Waals surface area contributed by atoms with E-state index in [0.717, 1.165) is 5.56 Å². The number of Topliss-reactive ketones (excluding diaryl/α,β-unsaturated/α-hetero) is 1. The fourth-order valence-corrected chi connectivity index (χ4v) is 1.22. The summed E-state index contributed by atoms with van der Waals surface area (Å²) in [6.45, 7) is 5.38. The fourth-order valence-electron chi connectivity index (χ4n) is 1.22. The summed E-state index contributed by atoms with van der Waals surface area (Å²) >= 11 is 0. The Kier molecular flexibility index (Phi) is 4.45. The summed E-state index contributed by atoms with van der Waals surface area (Å²) in [6, 6.07) is 9.21. The van der Waals surface area contributed by atoms with Crippen molar-refractivity contribution in [3.8, 4) is 0 Å². The summed E-state index contributed by atoms with van der Waals surface area (Å²) in [6.07, 6.45) is 0.179. The summed E-state index contributed by atoms with van der Waals surface area (Å²) in [5, 5.41) is 0. The maximum atomic E-state index is 11.6. The second kappa shape index (κ2) is 5.85. The van der Waals surface area contributed by atoms with Gasteiger partial charge in [-0.15, -0.1) is 0 Å². The zero-order valence-electron chi connectivity index (χ0n) is 9.23. The van der Waals surface area contributed by atoms with Crippen molar-refractivity contribution in [3.05, 3.63) is 48.0 Å². The molecule has 0 aliphatic carbocycles. The minimum Gasteiger partial charge on any atom is -0.462 e. The van der Waals surface area contributed by atoms with Crippen LogP contribution in [0, 0.1) is 0 Å². The van der Waals surface area contributed by atoms with Crippen LogP contribution >= 0.6 is 0 Å².